The zero-order valence-electron chi connectivity index (χ0n) is 14.9. The molecule has 3 nitrogen and oxygen atoms in total. The first-order chi connectivity index (χ1) is 11.4. The Hall–Kier alpha value is -1.57. The van der Waals surface area contributed by atoms with Crippen molar-refractivity contribution in [2.24, 2.45) is 0 Å². The number of rotatable bonds is 4. The molecule has 1 radical (unpaired) electrons. The van der Waals surface area contributed by atoms with E-state index in [2.05, 4.69) is 61.4 Å². The van der Waals surface area contributed by atoms with Crippen molar-refractivity contribution in [2.45, 2.75) is 32.3 Å². The molecule has 0 amide bonds. The van der Waals surface area contributed by atoms with E-state index in [-0.39, 0.29) is 0 Å². The van der Waals surface area contributed by atoms with Crippen LogP contribution >= 0.6 is 0 Å². The lowest BCUT2D eigenvalue weighted by atomic mass is 10.1. The van der Waals surface area contributed by atoms with Gasteiger partial charge in [-0.15, -0.1) is 0 Å². The van der Waals surface area contributed by atoms with Crippen molar-refractivity contribution in [2.75, 3.05) is 17.6 Å². The van der Waals surface area contributed by atoms with Gasteiger partial charge in [-0.05, 0) is 29.8 Å². The second-order valence-electron chi connectivity index (χ2n) is 7.39. The number of anilines is 1. The molecule has 0 fully saturated rings. The SMILES string of the molecule is C[Si](C)C1=C(C(O)c2ccco2)CN(c2ccccc2)C[Si]1(C)C. The highest BCUT2D eigenvalue weighted by molar-refractivity contribution is 6.99. The third-order valence-corrected chi connectivity index (χ3v) is 12.4. The second kappa shape index (κ2) is 6.74. The molecule has 1 N–H and O–H groups in total. The smallest absolute Gasteiger partial charge is 0.136 e. The van der Waals surface area contributed by atoms with E-state index >= 15 is 0 Å². The van der Waals surface area contributed by atoms with E-state index in [0.29, 0.717) is 5.76 Å². The van der Waals surface area contributed by atoms with Gasteiger partial charge in [0.25, 0.3) is 0 Å². The minimum atomic E-state index is -1.62. The van der Waals surface area contributed by atoms with Crippen LogP contribution in [0.25, 0.3) is 0 Å². The molecule has 2 heterocycles. The predicted octanol–water partition coefficient (Wildman–Crippen LogP) is 4.21. The summed E-state index contributed by atoms with van der Waals surface area (Å²) < 4.78 is 5.51. The molecular weight excluding hydrogens is 330 g/mol. The average molecular weight is 357 g/mol. The van der Waals surface area contributed by atoms with Crippen LogP contribution < -0.4 is 4.90 Å². The lowest BCUT2D eigenvalue weighted by molar-refractivity contribution is 0.182. The van der Waals surface area contributed by atoms with E-state index in [0.717, 1.165) is 12.7 Å². The normalized spacial score (nSPS) is 19.0. The topological polar surface area (TPSA) is 36.6 Å². The van der Waals surface area contributed by atoms with Crippen LogP contribution in [-0.2, 0) is 0 Å². The van der Waals surface area contributed by atoms with Gasteiger partial charge in [0.2, 0.25) is 0 Å². The number of aliphatic hydroxyl groups excluding tert-OH is 1. The van der Waals surface area contributed by atoms with Crippen molar-refractivity contribution < 1.29 is 9.52 Å². The van der Waals surface area contributed by atoms with Gasteiger partial charge in [0.15, 0.2) is 0 Å². The van der Waals surface area contributed by atoms with Crippen LogP contribution in [0.2, 0.25) is 26.2 Å². The van der Waals surface area contributed by atoms with Gasteiger partial charge < -0.3 is 14.4 Å². The van der Waals surface area contributed by atoms with Crippen molar-refractivity contribution >= 4 is 22.6 Å². The molecule has 5 heteroatoms. The molecule has 0 bridgehead atoms. The van der Waals surface area contributed by atoms with E-state index in [1.807, 2.05) is 12.1 Å². The van der Waals surface area contributed by atoms with Crippen LogP contribution in [0.5, 0.6) is 0 Å². The average Bonchev–Trinajstić information content (AvgIpc) is 3.07. The number of furan rings is 1. The molecule has 127 valence electrons. The summed E-state index contributed by atoms with van der Waals surface area (Å²) in [7, 11) is -2.23. The third-order valence-electron chi connectivity index (χ3n) is 4.71. The summed E-state index contributed by atoms with van der Waals surface area (Å²) in [6.07, 6.45) is 2.12. The van der Waals surface area contributed by atoms with Crippen LogP contribution in [0, 0.1) is 0 Å². The number of hydrogen-bond acceptors (Lipinski definition) is 3. The summed E-state index contributed by atoms with van der Waals surface area (Å²) in [5.41, 5.74) is 2.41. The fourth-order valence-electron chi connectivity index (χ4n) is 3.99. The van der Waals surface area contributed by atoms with Crippen LogP contribution in [0.15, 0.2) is 63.5 Å². The van der Waals surface area contributed by atoms with E-state index in [1.54, 1.807) is 11.1 Å². The molecule has 24 heavy (non-hydrogen) atoms. The van der Waals surface area contributed by atoms with Gasteiger partial charge in [-0.25, -0.2) is 0 Å². The summed E-state index contributed by atoms with van der Waals surface area (Å²) in [5, 5.41) is 11.0. The van der Waals surface area contributed by atoms with Crippen molar-refractivity contribution in [1.29, 1.82) is 0 Å². The minimum absolute atomic E-state index is 0.616. The number of nitrogens with zero attached hydrogens (tertiary/aromatic N) is 1. The van der Waals surface area contributed by atoms with Gasteiger partial charge >= 0.3 is 0 Å². The summed E-state index contributed by atoms with van der Waals surface area (Å²) in [6, 6.07) is 14.3. The third kappa shape index (κ3) is 3.29. The highest BCUT2D eigenvalue weighted by Gasteiger charge is 2.39. The van der Waals surface area contributed by atoms with Crippen molar-refractivity contribution in [3.63, 3.8) is 0 Å². The maximum atomic E-state index is 11.0. The van der Waals surface area contributed by atoms with Gasteiger partial charge in [0, 0.05) is 18.4 Å². The van der Waals surface area contributed by atoms with Gasteiger partial charge in [0.05, 0.1) is 23.1 Å². The largest absolute Gasteiger partial charge is 0.466 e. The zero-order chi connectivity index (χ0) is 17.3. The Morgan fingerprint density at radius 1 is 1.12 bits per heavy atom. The van der Waals surface area contributed by atoms with Gasteiger partial charge in [-0.3, -0.25) is 0 Å². The molecule has 1 unspecified atom stereocenters. The second-order valence-corrected chi connectivity index (χ2v) is 15.0. The van der Waals surface area contributed by atoms with E-state index in [1.165, 1.54) is 11.3 Å². The Morgan fingerprint density at radius 3 is 2.42 bits per heavy atom. The van der Waals surface area contributed by atoms with Crippen LogP contribution in [0.4, 0.5) is 5.69 Å². The predicted molar refractivity (Wildman–Crippen MR) is 104 cm³/mol. The Bertz CT molecular complexity index is 708. The lowest BCUT2D eigenvalue weighted by Crippen LogP contribution is -2.53. The molecule has 1 aliphatic rings. The van der Waals surface area contributed by atoms with E-state index in [4.69, 9.17) is 4.42 Å². The van der Waals surface area contributed by atoms with Gasteiger partial charge in [-0.2, -0.15) is 0 Å². The first kappa shape index (κ1) is 17.3. The standard InChI is InChI=1S/C19H26NO2Si2/c1-23(2)19-16(18(21)17-11-8-12-22-17)13-20(14-24(19,3)4)15-9-6-5-7-10-15/h5-12,18,21H,13-14H2,1-4H3. The molecule has 0 spiro atoms. The Morgan fingerprint density at radius 2 is 1.83 bits per heavy atom. The summed E-state index contributed by atoms with van der Waals surface area (Å²) in [5.74, 6) is 0.658. The molecule has 2 aromatic rings. The molecule has 1 atom stereocenters. The van der Waals surface area contributed by atoms with Gasteiger partial charge in [-0.1, -0.05) is 49.2 Å². The van der Waals surface area contributed by atoms with E-state index < -0.39 is 23.0 Å². The monoisotopic (exact) mass is 356 g/mol. The Labute approximate surface area is 147 Å². The number of benzene rings is 1. The molecule has 1 aromatic carbocycles. The first-order valence-electron chi connectivity index (χ1n) is 8.45. The maximum absolute atomic E-state index is 11.0. The molecule has 0 aliphatic carbocycles. The van der Waals surface area contributed by atoms with E-state index in [9.17, 15) is 5.11 Å². The Kier molecular flexibility index (Phi) is 4.85. The van der Waals surface area contributed by atoms with Crippen molar-refractivity contribution in [1.82, 2.24) is 0 Å². The summed E-state index contributed by atoms with van der Waals surface area (Å²) in [4.78, 5) is 4.02. The highest BCUT2D eigenvalue weighted by atomic mass is 28.4. The number of aliphatic hydroxyl groups is 1. The Balaban J connectivity index is 2.05. The molecule has 1 aliphatic heterocycles. The van der Waals surface area contributed by atoms with Crippen LogP contribution in [0.3, 0.4) is 0 Å². The lowest BCUT2D eigenvalue weighted by Gasteiger charge is -2.44. The zero-order valence-corrected chi connectivity index (χ0v) is 16.9. The van der Waals surface area contributed by atoms with Crippen molar-refractivity contribution in [3.05, 3.63) is 64.9 Å². The molecule has 0 saturated heterocycles. The van der Waals surface area contributed by atoms with Gasteiger partial charge in [0.1, 0.15) is 11.9 Å². The highest BCUT2D eigenvalue weighted by Crippen LogP contribution is 2.36. The van der Waals surface area contributed by atoms with Crippen molar-refractivity contribution in [3.8, 4) is 0 Å². The molecule has 1 aromatic heterocycles. The summed E-state index contributed by atoms with van der Waals surface area (Å²) >= 11 is 0. The van der Waals surface area contributed by atoms with Crippen LogP contribution in [0.1, 0.15) is 11.9 Å². The minimum Gasteiger partial charge on any atom is -0.466 e. The number of hydrogen-bond donors (Lipinski definition) is 1. The fraction of sp³-hybridized carbons (Fsp3) is 0.368. The quantitative estimate of drug-likeness (QED) is 0.834. The molecular formula is C19H26NO2Si2. The number of para-hydroxylation sites is 1. The van der Waals surface area contributed by atoms with Crippen LogP contribution in [-0.4, -0.2) is 34.7 Å². The molecule has 3 rings (SSSR count). The summed E-state index contributed by atoms with van der Waals surface area (Å²) in [6.45, 7) is 10.4. The first-order valence-corrected chi connectivity index (χ1v) is 14.2. The molecule has 0 saturated carbocycles. The maximum Gasteiger partial charge on any atom is 0.136 e. The fourth-order valence-corrected chi connectivity index (χ4v) is 13.0.